The topological polar surface area (TPSA) is 72.6 Å². The summed E-state index contributed by atoms with van der Waals surface area (Å²) in [7, 11) is 0. The van der Waals surface area contributed by atoms with E-state index in [4.69, 9.17) is 20.8 Å². The van der Waals surface area contributed by atoms with Gasteiger partial charge >= 0.3 is 5.97 Å². The van der Waals surface area contributed by atoms with E-state index in [2.05, 4.69) is 18.8 Å². The highest BCUT2D eigenvalue weighted by atomic mass is 35.5. The van der Waals surface area contributed by atoms with Gasteiger partial charge in [0.25, 0.3) is 0 Å². The fourth-order valence-electron chi connectivity index (χ4n) is 3.00. The van der Waals surface area contributed by atoms with Crippen molar-refractivity contribution in [1.82, 2.24) is 4.98 Å². The highest BCUT2D eigenvalue weighted by Gasteiger charge is 2.29. The number of ether oxygens (including phenoxy) is 1. The van der Waals surface area contributed by atoms with Crippen molar-refractivity contribution in [3.63, 3.8) is 0 Å². The van der Waals surface area contributed by atoms with Gasteiger partial charge in [-0.25, -0.2) is 9.78 Å². The van der Waals surface area contributed by atoms with Crippen LogP contribution in [0.4, 0.5) is 0 Å². The van der Waals surface area contributed by atoms with Gasteiger partial charge in [0.2, 0.25) is 5.89 Å². The lowest BCUT2D eigenvalue weighted by molar-refractivity contribution is -0.152. The SMILES string of the molecule is CC(C)c1oc(-c2ccccc2Cl)nc1C/C=C/c1ccc(OC(C)(C)C(=O)O)cc1. The van der Waals surface area contributed by atoms with E-state index >= 15 is 0 Å². The van der Waals surface area contributed by atoms with Crippen LogP contribution in [0.5, 0.6) is 5.75 Å². The van der Waals surface area contributed by atoms with Crippen molar-refractivity contribution in [3.8, 4) is 17.2 Å². The number of carboxylic acid groups (broad SMARTS) is 1. The Morgan fingerprint density at radius 2 is 1.87 bits per heavy atom. The van der Waals surface area contributed by atoms with Gasteiger partial charge in [-0.2, -0.15) is 0 Å². The van der Waals surface area contributed by atoms with E-state index in [0.717, 1.165) is 22.6 Å². The Balaban J connectivity index is 1.73. The molecule has 1 heterocycles. The largest absolute Gasteiger partial charge is 0.478 e. The average molecular weight is 440 g/mol. The molecule has 0 aliphatic carbocycles. The van der Waals surface area contributed by atoms with Crippen molar-refractivity contribution in [3.05, 3.63) is 76.6 Å². The van der Waals surface area contributed by atoms with Gasteiger partial charge in [0, 0.05) is 12.3 Å². The third-order valence-electron chi connectivity index (χ3n) is 4.75. The number of nitrogens with zero attached hydrogens (tertiary/aromatic N) is 1. The highest BCUT2D eigenvalue weighted by Crippen LogP contribution is 2.31. The molecular weight excluding hydrogens is 414 g/mol. The number of carboxylic acids is 1. The summed E-state index contributed by atoms with van der Waals surface area (Å²) in [5.41, 5.74) is 1.35. The monoisotopic (exact) mass is 439 g/mol. The summed E-state index contributed by atoms with van der Waals surface area (Å²) < 4.78 is 11.6. The summed E-state index contributed by atoms with van der Waals surface area (Å²) >= 11 is 6.30. The number of aliphatic carboxylic acids is 1. The third-order valence-corrected chi connectivity index (χ3v) is 5.08. The summed E-state index contributed by atoms with van der Waals surface area (Å²) in [4.78, 5) is 15.9. The van der Waals surface area contributed by atoms with Crippen molar-refractivity contribution in [2.24, 2.45) is 0 Å². The van der Waals surface area contributed by atoms with Gasteiger partial charge in [-0.3, -0.25) is 0 Å². The quantitative estimate of drug-likeness (QED) is 0.427. The van der Waals surface area contributed by atoms with E-state index in [1.165, 1.54) is 13.8 Å². The van der Waals surface area contributed by atoms with Crippen molar-refractivity contribution in [1.29, 1.82) is 0 Å². The molecule has 0 fully saturated rings. The zero-order valence-electron chi connectivity index (χ0n) is 18.1. The summed E-state index contributed by atoms with van der Waals surface area (Å²) in [6.07, 6.45) is 4.63. The fourth-order valence-corrected chi connectivity index (χ4v) is 3.22. The van der Waals surface area contributed by atoms with Crippen molar-refractivity contribution >= 4 is 23.6 Å². The Morgan fingerprint density at radius 1 is 1.19 bits per heavy atom. The molecule has 0 saturated carbocycles. The minimum Gasteiger partial charge on any atom is -0.478 e. The number of oxazole rings is 1. The maximum atomic E-state index is 11.2. The molecule has 0 atom stereocenters. The Bertz CT molecular complexity index is 1080. The van der Waals surface area contributed by atoms with Gasteiger partial charge in [0.1, 0.15) is 11.5 Å². The zero-order valence-corrected chi connectivity index (χ0v) is 18.8. The van der Waals surface area contributed by atoms with Crippen LogP contribution in [0.15, 0.2) is 59.0 Å². The molecule has 2 aromatic carbocycles. The van der Waals surface area contributed by atoms with E-state index in [-0.39, 0.29) is 5.92 Å². The van der Waals surface area contributed by atoms with Crippen LogP contribution in [0.2, 0.25) is 5.02 Å². The van der Waals surface area contributed by atoms with Gasteiger partial charge in [-0.1, -0.05) is 61.9 Å². The van der Waals surface area contributed by atoms with Crippen molar-refractivity contribution in [2.75, 3.05) is 0 Å². The normalized spacial score (nSPS) is 11.9. The Morgan fingerprint density at radius 3 is 2.48 bits per heavy atom. The summed E-state index contributed by atoms with van der Waals surface area (Å²) in [5, 5.41) is 9.78. The molecule has 0 radical (unpaired) electrons. The minimum atomic E-state index is -1.28. The van der Waals surface area contributed by atoms with Gasteiger partial charge in [0.05, 0.1) is 16.3 Å². The molecule has 6 heteroatoms. The van der Waals surface area contributed by atoms with Crippen LogP contribution >= 0.6 is 11.6 Å². The molecule has 0 saturated heterocycles. The molecule has 0 bridgehead atoms. The molecule has 1 N–H and O–H groups in total. The Kier molecular flexibility index (Phi) is 6.86. The van der Waals surface area contributed by atoms with E-state index in [1.807, 2.05) is 48.6 Å². The third kappa shape index (κ3) is 5.56. The van der Waals surface area contributed by atoms with Gasteiger partial charge in [-0.15, -0.1) is 0 Å². The number of aromatic nitrogens is 1. The van der Waals surface area contributed by atoms with Crippen LogP contribution in [0.25, 0.3) is 17.5 Å². The highest BCUT2D eigenvalue weighted by molar-refractivity contribution is 6.33. The molecule has 5 nitrogen and oxygen atoms in total. The van der Waals surface area contributed by atoms with Crippen molar-refractivity contribution < 1.29 is 19.1 Å². The molecule has 31 heavy (non-hydrogen) atoms. The van der Waals surface area contributed by atoms with Crippen LogP contribution in [0.1, 0.15) is 50.6 Å². The molecule has 0 spiro atoms. The molecule has 3 rings (SSSR count). The van der Waals surface area contributed by atoms with Gasteiger partial charge in [-0.05, 0) is 43.7 Å². The fraction of sp³-hybridized carbons (Fsp3) is 0.280. The lowest BCUT2D eigenvalue weighted by Gasteiger charge is -2.21. The molecule has 162 valence electrons. The smallest absolute Gasteiger partial charge is 0.347 e. The summed E-state index contributed by atoms with van der Waals surface area (Å²) in [6, 6.07) is 14.8. The summed E-state index contributed by atoms with van der Waals surface area (Å²) in [6.45, 7) is 7.18. The van der Waals surface area contributed by atoms with Crippen LogP contribution < -0.4 is 4.74 Å². The number of hydrogen-bond acceptors (Lipinski definition) is 4. The first kappa shape index (κ1) is 22.6. The number of hydrogen-bond donors (Lipinski definition) is 1. The predicted molar refractivity (Wildman–Crippen MR) is 123 cm³/mol. The molecule has 3 aromatic rings. The number of halogens is 1. The van der Waals surface area contributed by atoms with Gasteiger partial charge in [0.15, 0.2) is 5.60 Å². The molecule has 0 amide bonds. The Hall–Kier alpha value is -3.05. The molecule has 0 aliphatic rings. The van der Waals surface area contributed by atoms with Crippen LogP contribution in [0, 0.1) is 0 Å². The first-order chi connectivity index (χ1) is 14.7. The second-order valence-electron chi connectivity index (χ2n) is 8.06. The average Bonchev–Trinajstić information content (AvgIpc) is 3.13. The van der Waals surface area contributed by atoms with Crippen LogP contribution in [-0.2, 0) is 11.2 Å². The molecular formula is C25H26ClNO4. The standard InChI is InChI=1S/C25H26ClNO4/c1-16(2)22-21(27-23(30-22)19-9-5-6-10-20(19)26)11-7-8-17-12-14-18(15-13-17)31-25(3,4)24(28)29/h5-10,12-16H,11H2,1-4H3,(H,28,29)/b8-7+. The van der Waals surface area contributed by atoms with E-state index < -0.39 is 11.6 Å². The van der Waals surface area contributed by atoms with Crippen molar-refractivity contribution in [2.45, 2.75) is 45.6 Å². The maximum Gasteiger partial charge on any atom is 0.347 e. The van der Waals surface area contributed by atoms with Crippen LogP contribution in [-0.4, -0.2) is 21.7 Å². The van der Waals surface area contributed by atoms with Gasteiger partial charge < -0.3 is 14.3 Å². The number of allylic oxidation sites excluding steroid dienone is 1. The van der Waals surface area contributed by atoms with E-state index in [1.54, 1.807) is 12.1 Å². The number of benzene rings is 2. The zero-order chi connectivity index (χ0) is 22.6. The predicted octanol–water partition coefficient (Wildman–Crippen LogP) is 6.62. The molecule has 1 aromatic heterocycles. The first-order valence-electron chi connectivity index (χ1n) is 10.1. The second-order valence-corrected chi connectivity index (χ2v) is 8.46. The minimum absolute atomic E-state index is 0.196. The second kappa shape index (κ2) is 9.40. The molecule has 0 unspecified atom stereocenters. The van der Waals surface area contributed by atoms with E-state index in [9.17, 15) is 9.90 Å². The number of carbonyl (C=O) groups is 1. The van der Waals surface area contributed by atoms with Crippen LogP contribution in [0.3, 0.4) is 0 Å². The molecule has 0 aliphatic heterocycles. The Labute approximate surface area is 187 Å². The lowest BCUT2D eigenvalue weighted by Crippen LogP contribution is -2.37. The summed E-state index contributed by atoms with van der Waals surface area (Å²) in [5.74, 6) is 1.06. The number of rotatable bonds is 8. The maximum absolute atomic E-state index is 11.2. The lowest BCUT2D eigenvalue weighted by atomic mass is 10.1. The van der Waals surface area contributed by atoms with E-state index in [0.29, 0.717) is 23.1 Å². The first-order valence-corrected chi connectivity index (χ1v) is 10.5.